The Labute approximate surface area is 209 Å². The van der Waals surface area contributed by atoms with Crippen LogP contribution in [0.3, 0.4) is 0 Å². The second-order valence-electron chi connectivity index (χ2n) is 9.00. The molecule has 0 radical (unpaired) electrons. The van der Waals surface area contributed by atoms with E-state index in [1.807, 2.05) is 64.1 Å². The number of carbonyl (C=O) groups is 2. The van der Waals surface area contributed by atoms with Crippen molar-refractivity contribution in [1.82, 2.24) is 9.88 Å². The second-order valence-corrected chi connectivity index (χ2v) is 9.38. The molecule has 1 aromatic heterocycles. The number of nitrogens with zero attached hydrogens (tertiary/aromatic N) is 2. The lowest BCUT2D eigenvalue weighted by atomic mass is 10.1. The van der Waals surface area contributed by atoms with Crippen LogP contribution in [0.4, 0.5) is 5.69 Å². The number of hydrogen-bond donors (Lipinski definition) is 1. The maximum Gasteiger partial charge on any atom is 0.270 e. The van der Waals surface area contributed by atoms with Gasteiger partial charge in [-0.3, -0.25) is 19.8 Å². The van der Waals surface area contributed by atoms with Gasteiger partial charge in [0.15, 0.2) is 5.11 Å². The first-order valence-corrected chi connectivity index (χ1v) is 11.8. The summed E-state index contributed by atoms with van der Waals surface area (Å²) < 4.78 is 2.14. The van der Waals surface area contributed by atoms with E-state index in [0.717, 1.165) is 39.2 Å². The number of hydrogen-bond acceptors (Lipinski definition) is 3. The third-order valence-corrected chi connectivity index (χ3v) is 6.61. The molecule has 2 heterocycles. The molecule has 1 aliphatic rings. The van der Waals surface area contributed by atoms with Crippen LogP contribution in [-0.2, 0) is 9.59 Å². The molecule has 1 fully saturated rings. The number of thiocarbonyl (C=S) groups is 1. The highest BCUT2D eigenvalue weighted by Crippen LogP contribution is 2.28. The Morgan fingerprint density at radius 2 is 1.49 bits per heavy atom. The molecule has 6 heteroatoms. The Balaban J connectivity index is 1.57. The van der Waals surface area contributed by atoms with Gasteiger partial charge in [0.25, 0.3) is 11.8 Å². The van der Waals surface area contributed by atoms with Gasteiger partial charge in [0.1, 0.15) is 5.57 Å². The van der Waals surface area contributed by atoms with Crippen molar-refractivity contribution in [2.45, 2.75) is 27.7 Å². The summed E-state index contributed by atoms with van der Waals surface area (Å²) in [7, 11) is 0. The molecule has 0 bridgehead atoms. The number of fused-ring (bicyclic) bond motifs is 1. The van der Waals surface area contributed by atoms with Gasteiger partial charge >= 0.3 is 0 Å². The molecular formula is C29H25N3O2S. The maximum atomic E-state index is 13.5. The second kappa shape index (κ2) is 8.64. The predicted octanol–water partition coefficient (Wildman–Crippen LogP) is 5.70. The molecule has 4 aromatic rings. The van der Waals surface area contributed by atoms with Gasteiger partial charge in [-0.1, -0.05) is 36.4 Å². The number of anilines is 1. The lowest BCUT2D eigenvalue weighted by Gasteiger charge is -2.29. The number of rotatable bonds is 3. The largest absolute Gasteiger partial charge is 0.318 e. The van der Waals surface area contributed by atoms with Crippen LogP contribution in [0.25, 0.3) is 22.5 Å². The van der Waals surface area contributed by atoms with Gasteiger partial charge in [0.05, 0.1) is 5.69 Å². The molecule has 0 unspecified atom stereocenters. The molecule has 1 aliphatic heterocycles. The van der Waals surface area contributed by atoms with Crippen LogP contribution in [0, 0.1) is 27.7 Å². The lowest BCUT2D eigenvalue weighted by molar-refractivity contribution is -0.122. The third-order valence-electron chi connectivity index (χ3n) is 6.33. The minimum atomic E-state index is -0.490. The molecule has 3 aromatic carbocycles. The summed E-state index contributed by atoms with van der Waals surface area (Å²) in [5.74, 6) is -0.921. The molecule has 1 N–H and O–H groups in total. The highest BCUT2D eigenvalue weighted by atomic mass is 32.1. The van der Waals surface area contributed by atoms with Crippen LogP contribution < -0.4 is 10.2 Å². The Morgan fingerprint density at radius 3 is 2.20 bits per heavy atom. The summed E-state index contributed by atoms with van der Waals surface area (Å²) in [5, 5.41) is 5.09. The van der Waals surface area contributed by atoms with Gasteiger partial charge in [-0.15, -0.1) is 0 Å². The first kappa shape index (κ1) is 22.7. The van der Waals surface area contributed by atoms with E-state index < -0.39 is 11.8 Å². The van der Waals surface area contributed by atoms with Crippen LogP contribution in [0.15, 0.2) is 72.3 Å². The number of aromatic nitrogens is 1. The van der Waals surface area contributed by atoms with E-state index in [4.69, 9.17) is 12.2 Å². The highest BCUT2D eigenvalue weighted by Gasteiger charge is 2.35. The number of amides is 2. The normalized spacial score (nSPS) is 15.3. The zero-order valence-corrected chi connectivity index (χ0v) is 20.9. The minimum Gasteiger partial charge on any atom is -0.318 e. The molecule has 0 aliphatic carbocycles. The molecule has 2 amide bonds. The van der Waals surface area contributed by atoms with Gasteiger partial charge in [0, 0.05) is 17.1 Å². The lowest BCUT2D eigenvalue weighted by Crippen LogP contribution is -2.54. The number of carbonyl (C=O) groups excluding carboxylic acids is 2. The standard InChI is InChI=1S/C29H25N3O2S/c1-17-11-18(2)13-25(12-17)32-28(34)26(27(33)30-29(32)35)16-23-14-19(3)31(20(23)4)24-10-9-21-7-5-6-8-22(21)15-24/h5-16H,1-4H3,(H,30,33,35)/b26-16+. The Hall–Kier alpha value is -4.03. The molecule has 5 nitrogen and oxygen atoms in total. The fraction of sp³-hybridized carbons (Fsp3) is 0.138. The van der Waals surface area contributed by atoms with Crippen molar-refractivity contribution in [2.24, 2.45) is 0 Å². The zero-order valence-electron chi connectivity index (χ0n) is 20.0. The first-order chi connectivity index (χ1) is 16.7. The molecule has 35 heavy (non-hydrogen) atoms. The van der Waals surface area contributed by atoms with E-state index in [2.05, 4.69) is 40.2 Å². The van der Waals surface area contributed by atoms with Gasteiger partial charge < -0.3 is 4.57 Å². The van der Waals surface area contributed by atoms with Crippen LogP contribution in [0.2, 0.25) is 0 Å². The fourth-order valence-electron chi connectivity index (χ4n) is 4.77. The van der Waals surface area contributed by atoms with Crippen molar-refractivity contribution < 1.29 is 9.59 Å². The summed E-state index contributed by atoms with van der Waals surface area (Å²) in [6.07, 6.45) is 1.66. The maximum absolute atomic E-state index is 13.5. The Morgan fingerprint density at radius 1 is 0.800 bits per heavy atom. The van der Waals surface area contributed by atoms with E-state index >= 15 is 0 Å². The van der Waals surface area contributed by atoms with Crippen LogP contribution in [0.5, 0.6) is 0 Å². The van der Waals surface area contributed by atoms with Crippen molar-refractivity contribution in [1.29, 1.82) is 0 Å². The number of benzene rings is 3. The highest BCUT2D eigenvalue weighted by molar-refractivity contribution is 7.80. The smallest absolute Gasteiger partial charge is 0.270 e. The Bertz CT molecular complexity index is 1560. The van der Waals surface area contributed by atoms with Crippen LogP contribution in [0.1, 0.15) is 28.1 Å². The van der Waals surface area contributed by atoms with Crippen LogP contribution >= 0.6 is 12.2 Å². The zero-order chi connectivity index (χ0) is 24.9. The van der Waals surface area contributed by atoms with Crippen molar-refractivity contribution >= 4 is 51.7 Å². The van der Waals surface area contributed by atoms with E-state index in [1.165, 1.54) is 10.3 Å². The van der Waals surface area contributed by atoms with E-state index in [1.54, 1.807) is 6.08 Å². The molecule has 0 saturated carbocycles. The molecular weight excluding hydrogens is 454 g/mol. The summed E-state index contributed by atoms with van der Waals surface area (Å²) in [6.45, 7) is 7.94. The minimum absolute atomic E-state index is 0.0523. The average Bonchev–Trinajstić information content (AvgIpc) is 3.08. The van der Waals surface area contributed by atoms with Gasteiger partial charge in [-0.25, -0.2) is 0 Å². The van der Waals surface area contributed by atoms with Crippen molar-refractivity contribution in [3.8, 4) is 5.69 Å². The summed E-state index contributed by atoms with van der Waals surface area (Å²) in [5.41, 5.74) is 6.51. The summed E-state index contributed by atoms with van der Waals surface area (Å²) in [6, 6.07) is 22.3. The van der Waals surface area contributed by atoms with E-state index in [-0.39, 0.29) is 10.7 Å². The van der Waals surface area contributed by atoms with Gasteiger partial charge in [0.2, 0.25) is 0 Å². The summed E-state index contributed by atoms with van der Waals surface area (Å²) >= 11 is 5.36. The van der Waals surface area contributed by atoms with Crippen LogP contribution in [-0.4, -0.2) is 21.5 Å². The first-order valence-electron chi connectivity index (χ1n) is 11.4. The molecule has 1 saturated heterocycles. The van der Waals surface area contributed by atoms with E-state index in [9.17, 15) is 9.59 Å². The third kappa shape index (κ3) is 4.06. The SMILES string of the molecule is Cc1cc(C)cc(N2C(=O)/C(=C/c3cc(C)n(-c4ccc5ccccc5c4)c3C)C(=O)NC2=S)c1. The number of aryl methyl sites for hydroxylation is 3. The van der Waals surface area contributed by atoms with Crippen molar-refractivity contribution in [2.75, 3.05) is 4.90 Å². The topological polar surface area (TPSA) is 54.3 Å². The molecule has 0 atom stereocenters. The van der Waals surface area contributed by atoms with Gasteiger partial charge in [-0.05, 0) is 104 Å². The Kier molecular flexibility index (Phi) is 5.61. The average molecular weight is 480 g/mol. The summed E-state index contributed by atoms with van der Waals surface area (Å²) in [4.78, 5) is 27.7. The number of nitrogens with one attached hydrogen (secondary N) is 1. The molecule has 5 rings (SSSR count). The van der Waals surface area contributed by atoms with Gasteiger partial charge in [-0.2, -0.15) is 0 Å². The van der Waals surface area contributed by atoms with Crippen molar-refractivity contribution in [3.63, 3.8) is 0 Å². The molecule has 174 valence electrons. The van der Waals surface area contributed by atoms with E-state index in [0.29, 0.717) is 5.69 Å². The monoisotopic (exact) mass is 479 g/mol. The fourth-order valence-corrected chi connectivity index (χ4v) is 5.06. The quantitative estimate of drug-likeness (QED) is 0.233. The van der Waals surface area contributed by atoms with Crippen molar-refractivity contribution in [3.05, 3.63) is 100 Å². The molecule has 0 spiro atoms. The predicted molar refractivity (Wildman–Crippen MR) is 145 cm³/mol.